The molecule has 1 aromatic heterocycles. The molecular weight excluding hydrogens is 316 g/mol. The van der Waals surface area contributed by atoms with Crippen LogP contribution in [0, 0.1) is 23.2 Å². The fourth-order valence-corrected chi connectivity index (χ4v) is 6.32. The van der Waals surface area contributed by atoms with Crippen LogP contribution in [0.5, 0.6) is 0 Å². The van der Waals surface area contributed by atoms with Gasteiger partial charge in [-0.25, -0.2) is 4.79 Å². The number of nitrogens with one attached hydrogen (secondary N) is 1. The molecular formula is C20H30N2O3. The van der Waals surface area contributed by atoms with Gasteiger partial charge >= 0.3 is 5.97 Å². The van der Waals surface area contributed by atoms with Crippen molar-refractivity contribution in [1.82, 2.24) is 10.5 Å². The zero-order valence-corrected chi connectivity index (χ0v) is 15.4. The van der Waals surface area contributed by atoms with Gasteiger partial charge in [0.05, 0.1) is 13.2 Å². The van der Waals surface area contributed by atoms with Crippen molar-refractivity contribution in [2.75, 3.05) is 6.61 Å². The number of carbonyl (C=O) groups is 1. The minimum atomic E-state index is -0.411. The van der Waals surface area contributed by atoms with Crippen molar-refractivity contribution in [2.24, 2.45) is 23.2 Å². The highest BCUT2D eigenvalue weighted by atomic mass is 16.5. The van der Waals surface area contributed by atoms with Gasteiger partial charge in [0.1, 0.15) is 0 Å². The minimum absolute atomic E-state index is 0.265. The lowest BCUT2D eigenvalue weighted by Crippen LogP contribution is -2.55. The molecule has 0 unspecified atom stereocenters. The molecule has 5 rings (SSSR count). The molecule has 0 aromatic carbocycles. The van der Waals surface area contributed by atoms with Gasteiger partial charge in [-0.05, 0) is 75.0 Å². The number of rotatable bonds is 7. The SMILES string of the molecule is CCOC(=O)c1cc(CN[C@@H](CC)C23CC4CC(CC(C4)C2)C3)on1. The van der Waals surface area contributed by atoms with Crippen molar-refractivity contribution < 1.29 is 14.1 Å². The second-order valence-electron chi connectivity index (χ2n) is 8.52. The number of esters is 1. The van der Waals surface area contributed by atoms with E-state index in [-0.39, 0.29) is 5.69 Å². The topological polar surface area (TPSA) is 64.4 Å². The highest BCUT2D eigenvalue weighted by molar-refractivity contribution is 5.87. The molecule has 0 radical (unpaired) electrons. The third-order valence-corrected chi connectivity index (χ3v) is 6.80. The second-order valence-corrected chi connectivity index (χ2v) is 8.52. The molecule has 4 fully saturated rings. The molecule has 4 bridgehead atoms. The number of hydrogen-bond acceptors (Lipinski definition) is 5. The lowest BCUT2D eigenvalue weighted by atomic mass is 9.47. The van der Waals surface area contributed by atoms with E-state index in [2.05, 4.69) is 17.4 Å². The summed E-state index contributed by atoms with van der Waals surface area (Å²) in [6.07, 6.45) is 9.76. The molecule has 138 valence electrons. The van der Waals surface area contributed by atoms with Gasteiger partial charge < -0.3 is 14.6 Å². The van der Waals surface area contributed by atoms with E-state index in [0.29, 0.717) is 30.4 Å². The number of aromatic nitrogens is 1. The quantitative estimate of drug-likeness (QED) is 0.758. The lowest BCUT2D eigenvalue weighted by molar-refractivity contribution is -0.0750. The van der Waals surface area contributed by atoms with Crippen LogP contribution in [0.25, 0.3) is 0 Å². The molecule has 5 nitrogen and oxygen atoms in total. The molecule has 1 heterocycles. The summed E-state index contributed by atoms with van der Waals surface area (Å²) >= 11 is 0. The van der Waals surface area contributed by atoms with E-state index in [4.69, 9.17) is 9.26 Å². The van der Waals surface area contributed by atoms with E-state index >= 15 is 0 Å². The van der Waals surface area contributed by atoms with E-state index < -0.39 is 5.97 Å². The first kappa shape index (κ1) is 17.1. The maximum absolute atomic E-state index is 11.7. The average Bonchev–Trinajstić information content (AvgIpc) is 3.03. The van der Waals surface area contributed by atoms with Crippen molar-refractivity contribution in [3.05, 3.63) is 17.5 Å². The highest BCUT2D eigenvalue weighted by Gasteiger charge is 2.53. The number of nitrogens with zero attached hydrogens (tertiary/aromatic N) is 1. The Morgan fingerprint density at radius 1 is 1.28 bits per heavy atom. The standard InChI is InChI=1S/C20H30N2O3/c1-3-18(20-9-13-5-14(10-20)7-15(6-13)11-20)21-12-16-8-17(22-25-16)19(23)24-4-2/h8,13-15,18,21H,3-7,9-12H2,1-2H3/t13?,14?,15?,18-,20?/m0/s1. The van der Waals surface area contributed by atoms with Gasteiger partial charge in [-0.15, -0.1) is 0 Å². The van der Waals surface area contributed by atoms with Crippen LogP contribution in [-0.4, -0.2) is 23.8 Å². The largest absolute Gasteiger partial charge is 0.461 e. The number of hydrogen-bond donors (Lipinski definition) is 1. The molecule has 1 aromatic rings. The maximum Gasteiger partial charge on any atom is 0.360 e. The van der Waals surface area contributed by atoms with Crippen molar-refractivity contribution >= 4 is 5.97 Å². The van der Waals surface area contributed by atoms with Crippen LogP contribution in [0.3, 0.4) is 0 Å². The van der Waals surface area contributed by atoms with E-state index in [9.17, 15) is 4.79 Å². The van der Waals surface area contributed by atoms with Crippen LogP contribution in [0.2, 0.25) is 0 Å². The highest BCUT2D eigenvalue weighted by Crippen LogP contribution is 2.61. The van der Waals surface area contributed by atoms with Crippen molar-refractivity contribution in [3.8, 4) is 0 Å². The zero-order valence-electron chi connectivity index (χ0n) is 15.4. The van der Waals surface area contributed by atoms with Gasteiger partial charge in [-0.1, -0.05) is 12.1 Å². The van der Waals surface area contributed by atoms with Gasteiger partial charge in [0, 0.05) is 12.1 Å². The minimum Gasteiger partial charge on any atom is -0.461 e. The Morgan fingerprint density at radius 3 is 2.48 bits per heavy atom. The first-order valence-corrected chi connectivity index (χ1v) is 9.98. The third-order valence-electron chi connectivity index (χ3n) is 6.80. The second kappa shape index (κ2) is 6.75. The zero-order chi connectivity index (χ0) is 17.4. The summed E-state index contributed by atoms with van der Waals surface area (Å²) in [7, 11) is 0. The summed E-state index contributed by atoms with van der Waals surface area (Å²) in [5, 5.41) is 7.58. The number of carbonyl (C=O) groups excluding carboxylic acids is 1. The van der Waals surface area contributed by atoms with Crippen molar-refractivity contribution in [3.63, 3.8) is 0 Å². The Balaban J connectivity index is 1.40. The summed E-state index contributed by atoms with van der Waals surface area (Å²) in [5.74, 6) is 3.19. The summed E-state index contributed by atoms with van der Waals surface area (Å²) in [6, 6.07) is 2.23. The van der Waals surface area contributed by atoms with Crippen LogP contribution < -0.4 is 5.32 Å². The molecule has 0 amide bonds. The van der Waals surface area contributed by atoms with Gasteiger partial charge in [0.2, 0.25) is 0 Å². The van der Waals surface area contributed by atoms with Crippen LogP contribution in [0.4, 0.5) is 0 Å². The van der Waals surface area contributed by atoms with Crippen LogP contribution in [0.15, 0.2) is 10.6 Å². The van der Waals surface area contributed by atoms with E-state index in [0.717, 1.165) is 24.2 Å². The maximum atomic E-state index is 11.7. The summed E-state index contributed by atoms with van der Waals surface area (Å²) in [4.78, 5) is 11.7. The fourth-order valence-electron chi connectivity index (χ4n) is 6.32. The third kappa shape index (κ3) is 3.23. The monoisotopic (exact) mass is 346 g/mol. The van der Waals surface area contributed by atoms with E-state index in [1.165, 1.54) is 38.5 Å². The predicted molar refractivity (Wildman–Crippen MR) is 94.0 cm³/mol. The van der Waals surface area contributed by atoms with Gasteiger partial charge in [-0.3, -0.25) is 0 Å². The molecule has 0 spiro atoms. The molecule has 0 saturated heterocycles. The van der Waals surface area contributed by atoms with E-state index in [1.54, 1.807) is 13.0 Å². The summed E-state index contributed by atoms with van der Waals surface area (Å²) in [5.41, 5.74) is 0.745. The molecule has 4 aliphatic rings. The fraction of sp³-hybridized carbons (Fsp3) is 0.800. The first-order valence-electron chi connectivity index (χ1n) is 9.98. The van der Waals surface area contributed by atoms with Crippen molar-refractivity contribution in [2.45, 2.75) is 71.4 Å². The normalized spacial score (nSPS) is 34.2. The van der Waals surface area contributed by atoms with Gasteiger partial charge in [0.15, 0.2) is 11.5 Å². The molecule has 5 heteroatoms. The Labute approximate surface area is 149 Å². The molecule has 1 N–H and O–H groups in total. The van der Waals surface area contributed by atoms with E-state index in [1.807, 2.05) is 0 Å². The Morgan fingerprint density at radius 2 is 1.92 bits per heavy atom. The predicted octanol–water partition coefficient (Wildman–Crippen LogP) is 3.94. The summed E-state index contributed by atoms with van der Waals surface area (Å²) < 4.78 is 10.3. The molecule has 1 atom stereocenters. The molecule has 4 saturated carbocycles. The number of ether oxygens (including phenoxy) is 1. The molecule has 25 heavy (non-hydrogen) atoms. The van der Waals surface area contributed by atoms with Crippen molar-refractivity contribution in [1.29, 1.82) is 0 Å². The average molecular weight is 346 g/mol. The van der Waals surface area contributed by atoms with Crippen LogP contribution in [0.1, 0.15) is 75.0 Å². The smallest absolute Gasteiger partial charge is 0.360 e. The molecule has 4 aliphatic carbocycles. The lowest BCUT2D eigenvalue weighted by Gasteiger charge is -2.59. The van der Waals surface area contributed by atoms with Gasteiger partial charge in [-0.2, -0.15) is 0 Å². The van der Waals surface area contributed by atoms with Gasteiger partial charge in [0.25, 0.3) is 0 Å². The van der Waals surface area contributed by atoms with Crippen LogP contribution in [-0.2, 0) is 11.3 Å². The Hall–Kier alpha value is -1.36. The molecule has 0 aliphatic heterocycles. The first-order chi connectivity index (χ1) is 12.1. The van der Waals surface area contributed by atoms with Crippen LogP contribution >= 0.6 is 0 Å². The summed E-state index contributed by atoms with van der Waals surface area (Å²) in [6.45, 7) is 5.06. The Bertz CT molecular complexity index is 589. The Kier molecular flexibility index (Phi) is 4.61.